The molecule has 6 heteroatoms. The first-order chi connectivity index (χ1) is 31.0. The van der Waals surface area contributed by atoms with Crippen LogP contribution in [0.25, 0.3) is 0 Å². The average Bonchev–Trinajstić information content (AvgIpc) is 3.28. The smallest absolute Gasteiger partial charge is 0.306 e. The number of allylic oxidation sites excluding steroid dienone is 6. The Morgan fingerprint density at radius 2 is 0.603 bits per heavy atom. The first kappa shape index (κ1) is 60.6. The standard InChI is InChI=1S/C57H104O6/c1-4-7-10-13-16-19-22-25-27-28-29-30-33-35-38-41-44-47-50-56(59)62-53-54(52-61-55(58)49-46-43-40-37-34-31-24-21-18-15-12-9-6-3)63-57(60)51-48-45-42-39-36-32-26-23-20-17-14-11-8-5-2/h31-32,34,36,40,43,54H,4-30,33,35,37-39,41-42,44-53H2,1-3H3/b34-31-,36-32-,43-40-. The maximum atomic E-state index is 12.8. The first-order valence-electron chi connectivity index (χ1n) is 27.5. The van der Waals surface area contributed by atoms with Crippen LogP contribution in [-0.2, 0) is 28.6 Å². The van der Waals surface area contributed by atoms with Gasteiger partial charge in [0.25, 0.3) is 0 Å². The Balaban J connectivity index is 4.38. The molecule has 0 rings (SSSR count). The van der Waals surface area contributed by atoms with Gasteiger partial charge in [-0.25, -0.2) is 0 Å². The van der Waals surface area contributed by atoms with E-state index >= 15 is 0 Å². The maximum absolute atomic E-state index is 12.8. The zero-order valence-electron chi connectivity index (χ0n) is 42.1. The molecule has 6 nitrogen and oxygen atoms in total. The van der Waals surface area contributed by atoms with E-state index in [2.05, 4.69) is 51.2 Å². The maximum Gasteiger partial charge on any atom is 0.306 e. The number of unbranched alkanes of at least 4 members (excludes halogenated alkanes) is 33. The molecule has 1 atom stereocenters. The van der Waals surface area contributed by atoms with Crippen molar-refractivity contribution in [1.29, 1.82) is 0 Å². The molecule has 0 saturated carbocycles. The van der Waals surface area contributed by atoms with E-state index in [-0.39, 0.29) is 37.5 Å². The van der Waals surface area contributed by atoms with Crippen molar-refractivity contribution in [2.75, 3.05) is 13.2 Å². The highest BCUT2D eigenvalue weighted by Crippen LogP contribution is 2.16. The third-order valence-electron chi connectivity index (χ3n) is 12.1. The molecular weight excluding hydrogens is 781 g/mol. The number of carbonyl (C=O) groups excluding carboxylic acids is 3. The molecule has 0 amide bonds. The highest BCUT2D eigenvalue weighted by atomic mass is 16.6. The van der Waals surface area contributed by atoms with Crippen LogP contribution in [0.3, 0.4) is 0 Å². The summed E-state index contributed by atoms with van der Waals surface area (Å²) < 4.78 is 16.8. The molecular formula is C57H104O6. The van der Waals surface area contributed by atoms with Crippen LogP contribution in [0.1, 0.15) is 290 Å². The quantitative estimate of drug-likeness (QED) is 0.0262. The third kappa shape index (κ3) is 50.5. The summed E-state index contributed by atoms with van der Waals surface area (Å²) >= 11 is 0. The van der Waals surface area contributed by atoms with Crippen molar-refractivity contribution in [3.63, 3.8) is 0 Å². The molecule has 0 radical (unpaired) electrons. The molecule has 0 spiro atoms. The van der Waals surface area contributed by atoms with E-state index in [0.717, 1.165) is 64.2 Å². The lowest BCUT2D eigenvalue weighted by Gasteiger charge is -2.18. The predicted molar refractivity (Wildman–Crippen MR) is 270 cm³/mol. The van der Waals surface area contributed by atoms with Crippen LogP contribution in [0, 0.1) is 0 Å². The Morgan fingerprint density at radius 1 is 0.317 bits per heavy atom. The second kappa shape index (κ2) is 52.3. The van der Waals surface area contributed by atoms with Gasteiger partial charge in [0.05, 0.1) is 0 Å². The minimum absolute atomic E-state index is 0.0919. The fraction of sp³-hybridized carbons (Fsp3) is 0.842. The van der Waals surface area contributed by atoms with Gasteiger partial charge in [0.1, 0.15) is 13.2 Å². The summed E-state index contributed by atoms with van der Waals surface area (Å²) in [6.45, 7) is 6.59. The van der Waals surface area contributed by atoms with Gasteiger partial charge in [-0.05, 0) is 64.2 Å². The van der Waals surface area contributed by atoms with Crippen molar-refractivity contribution < 1.29 is 28.6 Å². The lowest BCUT2D eigenvalue weighted by atomic mass is 10.0. The number of ether oxygens (including phenoxy) is 3. The molecule has 368 valence electrons. The van der Waals surface area contributed by atoms with Gasteiger partial charge in [-0.2, -0.15) is 0 Å². The summed E-state index contributed by atoms with van der Waals surface area (Å²) in [6, 6.07) is 0. The molecule has 0 N–H and O–H groups in total. The molecule has 0 heterocycles. The van der Waals surface area contributed by atoms with Crippen molar-refractivity contribution in [2.45, 2.75) is 297 Å². The molecule has 0 fully saturated rings. The Bertz CT molecular complexity index is 1060. The second-order valence-electron chi connectivity index (χ2n) is 18.5. The van der Waals surface area contributed by atoms with E-state index in [9.17, 15) is 14.4 Å². The molecule has 0 aliphatic heterocycles. The molecule has 0 aliphatic carbocycles. The van der Waals surface area contributed by atoms with E-state index in [4.69, 9.17) is 14.2 Å². The lowest BCUT2D eigenvalue weighted by Crippen LogP contribution is -2.30. The van der Waals surface area contributed by atoms with E-state index in [1.807, 2.05) is 6.08 Å². The van der Waals surface area contributed by atoms with Crippen LogP contribution < -0.4 is 0 Å². The highest BCUT2D eigenvalue weighted by Gasteiger charge is 2.19. The molecule has 63 heavy (non-hydrogen) atoms. The van der Waals surface area contributed by atoms with E-state index in [1.54, 1.807) is 0 Å². The average molecular weight is 885 g/mol. The van der Waals surface area contributed by atoms with E-state index < -0.39 is 6.10 Å². The monoisotopic (exact) mass is 885 g/mol. The van der Waals surface area contributed by atoms with Gasteiger partial charge >= 0.3 is 17.9 Å². The Labute approximate surface area is 391 Å². The molecule has 0 saturated heterocycles. The van der Waals surface area contributed by atoms with Crippen molar-refractivity contribution in [3.8, 4) is 0 Å². The van der Waals surface area contributed by atoms with Crippen LogP contribution in [0.2, 0.25) is 0 Å². The fourth-order valence-corrected chi connectivity index (χ4v) is 7.96. The number of esters is 3. The molecule has 1 unspecified atom stereocenters. The predicted octanol–water partition coefficient (Wildman–Crippen LogP) is 18.1. The highest BCUT2D eigenvalue weighted by molar-refractivity contribution is 5.71. The van der Waals surface area contributed by atoms with Gasteiger partial charge in [0.2, 0.25) is 0 Å². The van der Waals surface area contributed by atoms with Gasteiger partial charge in [0.15, 0.2) is 6.10 Å². The summed E-state index contributed by atoms with van der Waals surface area (Å²) in [5.74, 6) is -0.966. The van der Waals surface area contributed by atoms with Crippen LogP contribution in [0.4, 0.5) is 0 Å². The van der Waals surface area contributed by atoms with E-state index in [0.29, 0.717) is 19.3 Å². The topological polar surface area (TPSA) is 78.9 Å². The van der Waals surface area contributed by atoms with Crippen molar-refractivity contribution in [3.05, 3.63) is 36.5 Å². The van der Waals surface area contributed by atoms with Gasteiger partial charge in [-0.1, -0.05) is 243 Å². The summed E-state index contributed by atoms with van der Waals surface area (Å²) in [4.78, 5) is 38.0. The normalized spacial score (nSPS) is 12.2. The lowest BCUT2D eigenvalue weighted by molar-refractivity contribution is -0.166. The van der Waals surface area contributed by atoms with E-state index in [1.165, 1.54) is 180 Å². The van der Waals surface area contributed by atoms with Crippen molar-refractivity contribution >= 4 is 17.9 Å². The molecule has 0 bridgehead atoms. The summed E-state index contributed by atoms with van der Waals surface area (Å²) in [5, 5.41) is 0. The summed E-state index contributed by atoms with van der Waals surface area (Å²) in [7, 11) is 0. The fourth-order valence-electron chi connectivity index (χ4n) is 7.96. The first-order valence-corrected chi connectivity index (χ1v) is 27.5. The number of hydrogen-bond acceptors (Lipinski definition) is 6. The second-order valence-corrected chi connectivity index (χ2v) is 18.5. The minimum Gasteiger partial charge on any atom is -0.462 e. The number of carbonyl (C=O) groups is 3. The zero-order chi connectivity index (χ0) is 45.8. The third-order valence-corrected chi connectivity index (χ3v) is 12.1. The molecule has 0 aliphatic rings. The molecule has 0 aromatic carbocycles. The van der Waals surface area contributed by atoms with Gasteiger partial charge in [-0.15, -0.1) is 0 Å². The largest absolute Gasteiger partial charge is 0.462 e. The molecule has 0 aromatic heterocycles. The number of rotatable bonds is 50. The van der Waals surface area contributed by atoms with Crippen LogP contribution >= 0.6 is 0 Å². The van der Waals surface area contributed by atoms with Crippen molar-refractivity contribution in [1.82, 2.24) is 0 Å². The van der Waals surface area contributed by atoms with Gasteiger partial charge in [-0.3, -0.25) is 14.4 Å². The Hall–Kier alpha value is -2.37. The number of hydrogen-bond donors (Lipinski definition) is 0. The van der Waals surface area contributed by atoms with Crippen LogP contribution in [0.15, 0.2) is 36.5 Å². The van der Waals surface area contributed by atoms with Crippen LogP contribution in [-0.4, -0.2) is 37.2 Å². The molecule has 0 aromatic rings. The Morgan fingerprint density at radius 3 is 1.00 bits per heavy atom. The summed E-state index contributed by atoms with van der Waals surface area (Å²) in [6.07, 6.45) is 61.5. The SMILES string of the molecule is CCCCCCCC/C=C\C/C=C\CCC(=O)OCC(COC(=O)CCCCCCCCCCCCCCCCCCCC)OC(=O)CCCCC/C=C\CCCCCCCCC. The van der Waals surface area contributed by atoms with Gasteiger partial charge in [0, 0.05) is 19.3 Å². The minimum atomic E-state index is -0.798. The van der Waals surface area contributed by atoms with Crippen LogP contribution in [0.5, 0.6) is 0 Å². The zero-order valence-corrected chi connectivity index (χ0v) is 42.1. The summed E-state index contributed by atoms with van der Waals surface area (Å²) in [5.41, 5.74) is 0. The van der Waals surface area contributed by atoms with Gasteiger partial charge < -0.3 is 14.2 Å². The Kier molecular flexibility index (Phi) is 50.3. The van der Waals surface area contributed by atoms with Crippen molar-refractivity contribution in [2.24, 2.45) is 0 Å².